The summed E-state index contributed by atoms with van der Waals surface area (Å²) in [5, 5.41) is 3.22. The van der Waals surface area contributed by atoms with Crippen LogP contribution in [0.1, 0.15) is 33.1 Å². The Morgan fingerprint density at radius 1 is 1.39 bits per heavy atom. The SMILES string of the molecule is CCNC(=NCCNS(=O)(=O)CC)N1CCCC(CC(N)=O)C1. The molecule has 0 spiro atoms. The van der Waals surface area contributed by atoms with Crippen LogP contribution in [0.3, 0.4) is 0 Å². The van der Waals surface area contributed by atoms with E-state index in [-0.39, 0.29) is 24.1 Å². The number of aliphatic imine (C=N–C) groups is 1. The van der Waals surface area contributed by atoms with Crippen molar-refractivity contribution in [3.05, 3.63) is 0 Å². The Kier molecular flexibility index (Phi) is 8.32. The summed E-state index contributed by atoms with van der Waals surface area (Å²) in [4.78, 5) is 17.7. The minimum Gasteiger partial charge on any atom is -0.370 e. The zero-order valence-electron chi connectivity index (χ0n) is 14.0. The Bertz CT molecular complexity index is 507. The molecule has 0 aromatic heterocycles. The fourth-order valence-electron chi connectivity index (χ4n) is 2.60. The number of hydrogen-bond donors (Lipinski definition) is 3. The highest BCUT2D eigenvalue weighted by molar-refractivity contribution is 7.89. The normalized spacial score (nSPS) is 19.7. The van der Waals surface area contributed by atoms with Gasteiger partial charge in [0.25, 0.3) is 0 Å². The van der Waals surface area contributed by atoms with Crippen molar-refractivity contribution >= 4 is 21.9 Å². The number of carbonyl (C=O) groups is 1. The maximum Gasteiger partial charge on any atom is 0.217 e. The van der Waals surface area contributed by atoms with E-state index >= 15 is 0 Å². The van der Waals surface area contributed by atoms with Crippen LogP contribution in [0.5, 0.6) is 0 Å². The fourth-order valence-corrected chi connectivity index (χ4v) is 3.21. The van der Waals surface area contributed by atoms with Gasteiger partial charge < -0.3 is 16.0 Å². The first kappa shape index (κ1) is 19.7. The second kappa shape index (κ2) is 9.71. The van der Waals surface area contributed by atoms with Gasteiger partial charge in [-0.05, 0) is 32.6 Å². The molecule has 9 heteroatoms. The highest BCUT2D eigenvalue weighted by Crippen LogP contribution is 2.19. The van der Waals surface area contributed by atoms with E-state index in [0.717, 1.165) is 38.4 Å². The first-order valence-corrected chi connectivity index (χ1v) is 9.82. The Labute approximate surface area is 138 Å². The predicted octanol–water partition coefficient (Wildman–Crippen LogP) is -0.521. The third kappa shape index (κ3) is 7.65. The molecule has 1 heterocycles. The quantitative estimate of drug-likeness (QED) is 0.310. The largest absolute Gasteiger partial charge is 0.370 e. The van der Waals surface area contributed by atoms with E-state index in [4.69, 9.17) is 5.73 Å². The van der Waals surface area contributed by atoms with Crippen LogP contribution in [0.4, 0.5) is 0 Å². The van der Waals surface area contributed by atoms with E-state index in [0.29, 0.717) is 13.0 Å². The highest BCUT2D eigenvalue weighted by atomic mass is 32.2. The number of rotatable bonds is 8. The molecular formula is C14H29N5O3S. The van der Waals surface area contributed by atoms with Gasteiger partial charge in [-0.25, -0.2) is 13.1 Å². The van der Waals surface area contributed by atoms with E-state index in [1.807, 2.05) is 6.92 Å². The van der Waals surface area contributed by atoms with Crippen molar-refractivity contribution in [1.82, 2.24) is 14.9 Å². The molecule has 1 amide bonds. The number of hydrogen-bond acceptors (Lipinski definition) is 4. The van der Waals surface area contributed by atoms with Crippen molar-refractivity contribution in [3.63, 3.8) is 0 Å². The number of amides is 1. The third-order valence-electron chi connectivity index (χ3n) is 3.72. The van der Waals surface area contributed by atoms with Gasteiger partial charge in [0.15, 0.2) is 5.96 Å². The summed E-state index contributed by atoms with van der Waals surface area (Å²) in [5.41, 5.74) is 5.29. The topological polar surface area (TPSA) is 117 Å². The lowest BCUT2D eigenvalue weighted by Crippen LogP contribution is -2.47. The predicted molar refractivity (Wildman–Crippen MR) is 91.6 cm³/mol. The maximum atomic E-state index is 11.4. The lowest BCUT2D eigenvalue weighted by atomic mass is 9.95. The molecule has 0 radical (unpaired) electrons. The van der Waals surface area contributed by atoms with Gasteiger partial charge in [0.05, 0.1) is 12.3 Å². The standard InChI is InChI=1S/C14H29N5O3S/c1-3-16-14(17-7-8-18-23(21,22)4-2)19-9-5-6-12(11-19)10-13(15)20/h12,18H,3-11H2,1-2H3,(H2,15,20)(H,16,17). The molecule has 23 heavy (non-hydrogen) atoms. The van der Waals surface area contributed by atoms with E-state index < -0.39 is 10.0 Å². The van der Waals surface area contributed by atoms with E-state index in [2.05, 4.69) is 19.9 Å². The molecule has 4 N–H and O–H groups in total. The second-order valence-electron chi connectivity index (χ2n) is 5.66. The molecule has 0 bridgehead atoms. The van der Waals surface area contributed by atoms with Crippen LogP contribution in [0.15, 0.2) is 4.99 Å². The van der Waals surface area contributed by atoms with Gasteiger partial charge in [-0.2, -0.15) is 0 Å². The molecule has 0 saturated carbocycles. The van der Waals surface area contributed by atoms with Gasteiger partial charge in [0, 0.05) is 32.6 Å². The molecule has 8 nitrogen and oxygen atoms in total. The lowest BCUT2D eigenvalue weighted by molar-refractivity contribution is -0.119. The van der Waals surface area contributed by atoms with Crippen molar-refractivity contribution in [2.45, 2.75) is 33.1 Å². The molecule has 0 aliphatic carbocycles. The van der Waals surface area contributed by atoms with Crippen molar-refractivity contribution in [2.24, 2.45) is 16.6 Å². The van der Waals surface area contributed by atoms with Crippen molar-refractivity contribution in [3.8, 4) is 0 Å². The van der Waals surface area contributed by atoms with Gasteiger partial charge in [-0.1, -0.05) is 0 Å². The number of piperidine rings is 1. The van der Waals surface area contributed by atoms with Gasteiger partial charge in [0.2, 0.25) is 15.9 Å². The monoisotopic (exact) mass is 347 g/mol. The minimum absolute atomic E-state index is 0.0672. The Morgan fingerprint density at radius 3 is 2.74 bits per heavy atom. The molecule has 1 fully saturated rings. The van der Waals surface area contributed by atoms with Crippen molar-refractivity contribution in [2.75, 3.05) is 38.5 Å². The third-order valence-corrected chi connectivity index (χ3v) is 5.12. The zero-order valence-corrected chi connectivity index (χ0v) is 14.9. The summed E-state index contributed by atoms with van der Waals surface area (Å²) in [7, 11) is -3.18. The first-order chi connectivity index (χ1) is 10.9. The van der Waals surface area contributed by atoms with Crippen molar-refractivity contribution < 1.29 is 13.2 Å². The number of nitrogens with zero attached hydrogens (tertiary/aromatic N) is 2. The summed E-state index contributed by atoms with van der Waals surface area (Å²) in [6.07, 6.45) is 2.38. The highest BCUT2D eigenvalue weighted by Gasteiger charge is 2.23. The molecule has 1 rings (SSSR count). The Balaban J connectivity index is 2.58. The molecule has 1 aliphatic rings. The lowest BCUT2D eigenvalue weighted by Gasteiger charge is -2.34. The fraction of sp³-hybridized carbons (Fsp3) is 0.857. The summed E-state index contributed by atoms with van der Waals surface area (Å²) in [6, 6.07) is 0. The smallest absolute Gasteiger partial charge is 0.217 e. The zero-order chi connectivity index (χ0) is 17.3. The van der Waals surface area contributed by atoms with Crippen LogP contribution in [-0.4, -0.2) is 63.7 Å². The van der Waals surface area contributed by atoms with Crippen LogP contribution in [-0.2, 0) is 14.8 Å². The number of primary amides is 1. The summed E-state index contributed by atoms with van der Waals surface area (Å²) in [6.45, 7) is 6.60. The number of guanidine groups is 1. The average Bonchev–Trinajstić information content (AvgIpc) is 2.50. The molecular weight excluding hydrogens is 318 g/mol. The van der Waals surface area contributed by atoms with Gasteiger partial charge in [-0.15, -0.1) is 0 Å². The summed E-state index contributed by atoms with van der Waals surface area (Å²) >= 11 is 0. The molecule has 1 unspecified atom stereocenters. The Morgan fingerprint density at radius 2 is 2.13 bits per heavy atom. The van der Waals surface area contributed by atoms with Crippen LogP contribution in [0, 0.1) is 5.92 Å². The van der Waals surface area contributed by atoms with Gasteiger partial charge in [0.1, 0.15) is 0 Å². The number of carbonyl (C=O) groups excluding carboxylic acids is 1. The van der Waals surface area contributed by atoms with Gasteiger partial charge in [-0.3, -0.25) is 9.79 Å². The van der Waals surface area contributed by atoms with Crippen molar-refractivity contribution in [1.29, 1.82) is 0 Å². The maximum absolute atomic E-state index is 11.4. The molecule has 0 aromatic rings. The van der Waals surface area contributed by atoms with Crippen LogP contribution in [0.25, 0.3) is 0 Å². The first-order valence-electron chi connectivity index (χ1n) is 8.16. The van der Waals surface area contributed by atoms with E-state index in [1.54, 1.807) is 6.92 Å². The van der Waals surface area contributed by atoms with Crippen LogP contribution in [0.2, 0.25) is 0 Å². The molecule has 1 atom stereocenters. The van der Waals surface area contributed by atoms with Gasteiger partial charge >= 0.3 is 0 Å². The summed E-state index contributed by atoms with van der Waals surface area (Å²) < 4.78 is 25.3. The number of likely N-dealkylation sites (tertiary alicyclic amines) is 1. The molecule has 1 saturated heterocycles. The van der Waals surface area contributed by atoms with Crippen LogP contribution < -0.4 is 15.8 Å². The molecule has 0 aromatic carbocycles. The number of nitrogens with one attached hydrogen (secondary N) is 2. The van der Waals surface area contributed by atoms with Crippen LogP contribution >= 0.6 is 0 Å². The minimum atomic E-state index is -3.18. The average molecular weight is 347 g/mol. The molecule has 1 aliphatic heterocycles. The second-order valence-corrected chi connectivity index (χ2v) is 7.75. The molecule has 134 valence electrons. The van der Waals surface area contributed by atoms with E-state index in [1.165, 1.54) is 0 Å². The van der Waals surface area contributed by atoms with E-state index in [9.17, 15) is 13.2 Å². The Hall–Kier alpha value is -1.35. The number of nitrogens with two attached hydrogens (primary N) is 1. The number of sulfonamides is 1. The summed E-state index contributed by atoms with van der Waals surface area (Å²) in [5.74, 6) is 0.811.